The number of aromatic nitrogens is 1. The number of anilines is 1. The average Bonchev–Trinajstić information content (AvgIpc) is 2.59. The molecule has 0 spiro atoms. The van der Waals surface area contributed by atoms with Crippen molar-refractivity contribution in [3.8, 4) is 5.88 Å². The summed E-state index contributed by atoms with van der Waals surface area (Å²) in [5, 5.41) is 12.3. The summed E-state index contributed by atoms with van der Waals surface area (Å²) in [5.74, 6) is 0.298. The van der Waals surface area contributed by atoms with Crippen molar-refractivity contribution in [1.29, 1.82) is 0 Å². The number of nitrogens with zero attached hydrogens (tertiary/aromatic N) is 1. The van der Waals surface area contributed by atoms with Crippen LogP contribution in [0.25, 0.3) is 0 Å². The van der Waals surface area contributed by atoms with Crippen LogP contribution in [0.1, 0.15) is 21.5 Å². The van der Waals surface area contributed by atoms with E-state index < -0.39 is 5.97 Å². The van der Waals surface area contributed by atoms with Gasteiger partial charge in [-0.2, -0.15) is 4.98 Å². The van der Waals surface area contributed by atoms with Gasteiger partial charge < -0.3 is 19.9 Å². The van der Waals surface area contributed by atoms with Crippen LogP contribution in [0, 0.1) is 0 Å². The number of benzene rings is 1. The van der Waals surface area contributed by atoms with Gasteiger partial charge in [-0.05, 0) is 23.3 Å². The van der Waals surface area contributed by atoms with E-state index in [-0.39, 0.29) is 18.1 Å². The first-order valence-electron chi connectivity index (χ1n) is 6.74. The molecule has 6 nitrogen and oxygen atoms in total. The fourth-order valence-electron chi connectivity index (χ4n) is 1.99. The minimum Gasteiger partial charge on any atom is -0.480 e. The molecule has 22 heavy (non-hydrogen) atoms. The van der Waals surface area contributed by atoms with Crippen LogP contribution in [0.4, 0.5) is 5.82 Å². The number of aliphatic hydroxyl groups excluding tert-OH is 1. The van der Waals surface area contributed by atoms with E-state index in [2.05, 4.69) is 15.0 Å². The number of pyridine rings is 1. The maximum Gasteiger partial charge on any atom is 0.343 e. The summed E-state index contributed by atoms with van der Waals surface area (Å²) in [6, 6.07) is 10.9. The molecule has 0 aliphatic rings. The van der Waals surface area contributed by atoms with Crippen LogP contribution in [-0.4, -0.2) is 30.3 Å². The van der Waals surface area contributed by atoms with Gasteiger partial charge in [0.25, 0.3) is 0 Å². The van der Waals surface area contributed by atoms with Crippen LogP contribution in [0.3, 0.4) is 0 Å². The molecule has 0 saturated heterocycles. The zero-order chi connectivity index (χ0) is 15.9. The molecule has 0 atom stereocenters. The molecule has 2 N–H and O–H groups in total. The van der Waals surface area contributed by atoms with Gasteiger partial charge in [-0.25, -0.2) is 4.79 Å². The van der Waals surface area contributed by atoms with E-state index in [1.165, 1.54) is 14.2 Å². The van der Waals surface area contributed by atoms with Crippen LogP contribution in [0.5, 0.6) is 5.88 Å². The topological polar surface area (TPSA) is 80.7 Å². The Bertz CT molecular complexity index is 658. The van der Waals surface area contributed by atoms with Crippen molar-refractivity contribution in [2.24, 2.45) is 0 Å². The zero-order valence-corrected chi connectivity index (χ0v) is 12.5. The molecule has 0 saturated carbocycles. The van der Waals surface area contributed by atoms with E-state index in [1.54, 1.807) is 12.1 Å². The van der Waals surface area contributed by atoms with Gasteiger partial charge in [0.05, 0.1) is 20.8 Å². The summed E-state index contributed by atoms with van der Waals surface area (Å²) < 4.78 is 9.78. The predicted molar refractivity (Wildman–Crippen MR) is 81.8 cm³/mol. The number of nitrogens with one attached hydrogen (secondary N) is 1. The highest BCUT2D eigenvalue weighted by Gasteiger charge is 2.14. The fourth-order valence-corrected chi connectivity index (χ4v) is 1.99. The molecule has 1 aromatic heterocycles. The monoisotopic (exact) mass is 302 g/mol. The Hall–Kier alpha value is -2.60. The molecule has 0 fully saturated rings. The van der Waals surface area contributed by atoms with Crippen molar-refractivity contribution >= 4 is 11.8 Å². The second-order valence-electron chi connectivity index (χ2n) is 4.58. The van der Waals surface area contributed by atoms with Crippen LogP contribution < -0.4 is 10.1 Å². The van der Waals surface area contributed by atoms with Crippen LogP contribution in [0.2, 0.25) is 0 Å². The lowest BCUT2D eigenvalue weighted by molar-refractivity contribution is 0.0596. The summed E-state index contributed by atoms with van der Waals surface area (Å²) >= 11 is 0. The third kappa shape index (κ3) is 3.73. The van der Waals surface area contributed by atoms with Crippen molar-refractivity contribution in [3.63, 3.8) is 0 Å². The van der Waals surface area contributed by atoms with Gasteiger partial charge in [-0.15, -0.1) is 0 Å². The third-order valence-electron chi connectivity index (χ3n) is 3.11. The van der Waals surface area contributed by atoms with E-state index in [4.69, 9.17) is 9.84 Å². The molecule has 0 amide bonds. The van der Waals surface area contributed by atoms with Gasteiger partial charge in [-0.1, -0.05) is 24.3 Å². The largest absolute Gasteiger partial charge is 0.480 e. The van der Waals surface area contributed by atoms with Crippen LogP contribution >= 0.6 is 0 Å². The summed E-state index contributed by atoms with van der Waals surface area (Å²) in [7, 11) is 2.76. The molecule has 0 aliphatic heterocycles. The number of aliphatic hydroxyl groups is 1. The minimum atomic E-state index is -0.494. The number of hydrogen-bond donors (Lipinski definition) is 2. The summed E-state index contributed by atoms with van der Waals surface area (Å²) in [6.07, 6.45) is 0. The molecule has 1 heterocycles. The van der Waals surface area contributed by atoms with Crippen molar-refractivity contribution in [1.82, 2.24) is 4.98 Å². The van der Waals surface area contributed by atoms with E-state index >= 15 is 0 Å². The van der Waals surface area contributed by atoms with Gasteiger partial charge in [0.2, 0.25) is 5.88 Å². The first kappa shape index (κ1) is 15.8. The molecule has 2 aromatic rings. The average molecular weight is 302 g/mol. The Kier molecular flexibility index (Phi) is 5.32. The summed E-state index contributed by atoms with van der Waals surface area (Å²) in [5.41, 5.74) is 2.15. The van der Waals surface area contributed by atoms with E-state index in [1.807, 2.05) is 24.3 Å². The number of carbonyl (C=O) groups excluding carboxylic acids is 1. The van der Waals surface area contributed by atoms with Gasteiger partial charge in [-0.3, -0.25) is 0 Å². The quantitative estimate of drug-likeness (QED) is 0.794. The van der Waals surface area contributed by atoms with E-state index in [9.17, 15) is 4.79 Å². The molecule has 0 unspecified atom stereocenters. The van der Waals surface area contributed by atoms with E-state index in [0.29, 0.717) is 12.4 Å². The first-order chi connectivity index (χ1) is 10.7. The highest BCUT2D eigenvalue weighted by molar-refractivity contribution is 5.92. The maximum absolute atomic E-state index is 11.6. The standard InChI is InChI=1S/C16H18N2O4/c1-21-15-13(16(20)22-2)6-7-14(18-15)17-9-11-4-3-5-12(8-11)10-19/h3-8,19H,9-10H2,1-2H3,(H,17,18). The second kappa shape index (κ2) is 7.42. The van der Waals surface area contributed by atoms with Gasteiger partial charge in [0.1, 0.15) is 11.4 Å². The SMILES string of the molecule is COC(=O)c1ccc(NCc2cccc(CO)c2)nc1OC. The summed E-state index contributed by atoms with van der Waals surface area (Å²) in [4.78, 5) is 15.8. The Labute approximate surface area is 128 Å². The van der Waals surface area contributed by atoms with Gasteiger partial charge >= 0.3 is 5.97 Å². The number of carbonyl (C=O) groups is 1. The van der Waals surface area contributed by atoms with E-state index in [0.717, 1.165) is 11.1 Å². The molecule has 2 rings (SSSR count). The number of esters is 1. The molecule has 6 heteroatoms. The van der Waals surface area contributed by atoms with Crippen LogP contribution in [-0.2, 0) is 17.9 Å². The van der Waals surface area contributed by atoms with Crippen LogP contribution in [0.15, 0.2) is 36.4 Å². The predicted octanol–water partition coefficient (Wildman–Crippen LogP) is 1.98. The van der Waals surface area contributed by atoms with Crippen molar-refractivity contribution in [3.05, 3.63) is 53.1 Å². The van der Waals surface area contributed by atoms with Gasteiger partial charge in [0.15, 0.2) is 0 Å². The Balaban J connectivity index is 2.11. The highest BCUT2D eigenvalue weighted by Crippen LogP contribution is 2.19. The lowest BCUT2D eigenvalue weighted by Gasteiger charge is -2.10. The number of ether oxygens (including phenoxy) is 2. The van der Waals surface area contributed by atoms with Crippen molar-refractivity contribution < 1.29 is 19.4 Å². The Morgan fingerprint density at radius 1 is 1.23 bits per heavy atom. The highest BCUT2D eigenvalue weighted by atomic mass is 16.5. The molecule has 0 aliphatic carbocycles. The number of hydrogen-bond acceptors (Lipinski definition) is 6. The van der Waals surface area contributed by atoms with Crippen molar-refractivity contribution in [2.75, 3.05) is 19.5 Å². The lowest BCUT2D eigenvalue weighted by Crippen LogP contribution is -2.08. The number of methoxy groups -OCH3 is 2. The Morgan fingerprint density at radius 2 is 2.00 bits per heavy atom. The number of rotatable bonds is 6. The minimum absolute atomic E-state index is 0.00768. The first-order valence-corrected chi connectivity index (χ1v) is 6.74. The van der Waals surface area contributed by atoms with Crippen molar-refractivity contribution in [2.45, 2.75) is 13.2 Å². The smallest absolute Gasteiger partial charge is 0.343 e. The second-order valence-corrected chi connectivity index (χ2v) is 4.58. The third-order valence-corrected chi connectivity index (χ3v) is 3.11. The molecule has 1 aromatic carbocycles. The maximum atomic E-state index is 11.6. The summed E-state index contributed by atoms with van der Waals surface area (Å²) in [6.45, 7) is 0.551. The normalized spacial score (nSPS) is 10.1. The molecular weight excluding hydrogens is 284 g/mol. The van der Waals surface area contributed by atoms with Gasteiger partial charge in [0, 0.05) is 6.54 Å². The zero-order valence-electron chi connectivity index (χ0n) is 12.5. The fraction of sp³-hybridized carbons (Fsp3) is 0.250. The molecule has 116 valence electrons. The molecule has 0 bridgehead atoms. The lowest BCUT2D eigenvalue weighted by atomic mass is 10.1. The molecular formula is C16H18N2O4. The Morgan fingerprint density at radius 3 is 2.68 bits per heavy atom. The molecule has 0 radical (unpaired) electrons.